The van der Waals surface area contributed by atoms with Crippen LogP contribution >= 0.6 is 11.3 Å². The first-order valence-electron chi connectivity index (χ1n) is 7.52. The molecule has 1 aliphatic rings. The quantitative estimate of drug-likeness (QED) is 0.897. The Hall–Kier alpha value is -1.14. The summed E-state index contributed by atoms with van der Waals surface area (Å²) in [6.07, 6.45) is 3.83. The molecule has 6 heteroatoms. The fourth-order valence-corrected chi connectivity index (χ4v) is 3.05. The van der Waals surface area contributed by atoms with E-state index in [1.54, 1.807) is 11.3 Å². The Bertz CT molecular complexity index is 434. The van der Waals surface area contributed by atoms with Gasteiger partial charge in [-0.05, 0) is 46.5 Å². The summed E-state index contributed by atoms with van der Waals surface area (Å²) in [5, 5.41) is 8.57. The molecule has 0 aliphatic heterocycles. The lowest BCUT2D eigenvalue weighted by atomic mass is 9.91. The van der Waals surface area contributed by atoms with Gasteiger partial charge in [0.05, 0.1) is 11.2 Å². The average Bonchev–Trinajstić information content (AvgIpc) is 2.89. The smallest absolute Gasteiger partial charge is 0.407 e. The lowest BCUT2D eigenvalue weighted by molar-refractivity contribution is 0.0490. The lowest BCUT2D eigenvalue weighted by Gasteiger charge is -2.30. The standard InChI is InChI=1S/C15H25N3O2S/c1-15(2,3)20-14(19)18-12-6-4-11(5-7-12)16-8-13-9-21-10-17-13/h9-12,16H,4-8H2,1-3H3,(H,18,19). The van der Waals surface area contributed by atoms with Gasteiger partial charge in [0, 0.05) is 24.0 Å². The predicted molar refractivity (Wildman–Crippen MR) is 84.4 cm³/mol. The van der Waals surface area contributed by atoms with Crippen molar-refractivity contribution in [2.45, 2.75) is 70.7 Å². The van der Waals surface area contributed by atoms with Crippen LogP contribution in [0.15, 0.2) is 10.9 Å². The third-order valence-electron chi connectivity index (χ3n) is 3.50. The van der Waals surface area contributed by atoms with E-state index < -0.39 is 5.60 Å². The summed E-state index contributed by atoms with van der Waals surface area (Å²) in [6.45, 7) is 6.47. The highest BCUT2D eigenvalue weighted by molar-refractivity contribution is 7.07. The van der Waals surface area contributed by atoms with Gasteiger partial charge in [-0.25, -0.2) is 9.78 Å². The number of ether oxygens (including phenoxy) is 1. The maximum Gasteiger partial charge on any atom is 0.407 e. The second kappa shape index (κ2) is 7.22. The van der Waals surface area contributed by atoms with Crippen molar-refractivity contribution in [3.05, 3.63) is 16.6 Å². The molecular weight excluding hydrogens is 286 g/mol. The molecule has 118 valence electrons. The number of hydrogen-bond acceptors (Lipinski definition) is 5. The van der Waals surface area contributed by atoms with E-state index in [1.807, 2.05) is 26.3 Å². The van der Waals surface area contributed by atoms with Crippen LogP contribution in [-0.2, 0) is 11.3 Å². The topological polar surface area (TPSA) is 63.2 Å². The van der Waals surface area contributed by atoms with E-state index in [0.29, 0.717) is 6.04 Å². The molecule has 0 saturated heterocycles. The van der Waals surface area contributed by atoms with E-state index in [0.717, 1.165) is 37.9 Å². The summed E-state index contributed by atoms with van der Waals surface area (Å²) >= 11 is 1.63. The number of alkyl carbamates (subject to hydrolysis) is 1. The molecule has 1 aromatic rings. The molecule has 1 amide bonds. The van der Waals surface area contributed by atoms with Crippen LogP contribution in [0.25, 0.3) is 0 Å². The molecule has 1 aromatic heterocycles. The summed E-state index contributed by atoms with van der Waals surface area (Å²) in [5.41, 5.74) is 2.53. The SMILES string of the molecule is CC(C)(C)OC(=O)NC1CCC(NCc2cscn2)CC1. The largest absolute Gasteiger partial charge is 0.444 e. The number of nitrogens with one attached hydrogen (secondary N) is 2. The summed E-state index contributed by atoms with van der Waals surface area (Å²) in [7, 11) is 0. The summed E-state index contributed by atoms with van der Waals surface area (Å²) in [6, 6.07) is 0.751. The fraction of sp³-hybridized carbons (Fsp3) is 0.733. The van der Waals surface area contributed by atoms with Crippen molar-refractivity contribution in [3.63, 3.8) is 0 Å². The van der Waals surface area contributed by atoms with Crippen LogP contribution in [0, 0.1) is 0 Å². The normalized spacial score (nSPS) is 22.8. The maximum atomic E-state index is 11.7. The first-order valence-corrected chi connectivity index (χ1v) is 8.46. The molecule has 1 saturated carbocycles. The average molecular weight is 311 g/mol. The Morgan fingerprint density at radius 2 is 2.00 bits per heavy atom. The second-order valence-electron chi connectivity index (χ2n) is 6.56. The second-order valence-corrected chi connectivity index (χ2v) is 7.27. The number of hydrogen-bond donors (Lipinski definition) is 2. The van der Waals surface area contributed by atoms with Crippen LogP contribution in [0.2, 0.25) is 0 Å². The Balaban J connectivity index is 1.65. The minimum atomic E-state index is -0.434. The van der Waals surface area contributed by atoms with E-state index >= 15 is 0 Å². The van der Waals surface area contributed by atoms with Crippen LogP contribution in [-0.4, -0.2) is 28.8 Å². The molecule has 1 heterocycles. The Labute approximate surface area is 130 Å². The number of amides is 1. The van der Waals surface area contributed by atoms with E-state index in [2.05, 4.69) is 21.0 Å². The Morgan fingerprint density at radius 1 is 1.33 bits per heavy atom. The minimum Gasteiger partial charge on any atom is -0.444 e. The monoisotopic (exact) mass is 311 g/mol. The van der Waals surface area contributed by atoms with Gasteiger partial charge in [0.1, 0.15) is 5.60 Å². The summed E-state index contributed by atoms with van der Waals surface area (Å²) < 4.78 is 5.29. The van der Waals surface area contributed by atoms with Gasteiger partial charge in [0.2, 0.25) is 0 Å². The molecule has 0 aromatic carbocycles. The van der Waals surface area contributed by atoms with Gasteiger partial charge >= 0.3 is 6.09 Å². The van der Waals surface area contributed by atoms with Crippen LogP contribution in [0.1, 0.15) is 52.1 Å². The van der Waals surface area contributed by atoms with Crippen molar-refractivity contribution in [1.29, 1.82) is 0 Å². The van der Waals surface area contributed by atoms with Gasteiger partial charge in [-0.2, -0.15) is 0 Å². The molecule has 0 atom stereocenters. The van der Waals surface area contributed by atoms with Crippen LogP contribution in [0.5, 0.6) is 0 Å². The van der Waals surface area contributed by atoms with Crippen molar-refractivity contribution in [2.24, 2.45) is 0 Å². The van der Waals surface area contributed by atoms with E-state index in [4.69, 9.17) is 4.74 Å². The Morgan fingerprint density at radius 3 is 2.57 bits per heavy atom. The van der Waals surface area contributed by atoms with E-state index in [9.17, 15) is 4.79 Å². The van der Waals surface area contributed by atoms with Crippen molar-refractivity contribution < 1.29 is 9.53 Å². The zero-order valence-corrected chi connectivity index (χ0v) is 13.8. The highest BCUT2D eigenvalue weighted by Crippen LogP contribution is 2.19. The molecule has 5 nitrogen and oxygen atoms in total. The van der Waals surface area contributed by atoms with E-state index in [1.165, 1.54) is 0 Å². The van der Waals surface area contributed by atoms with Crippen molar-refractivity contribution in [2.75, 3.05) is 0 Å². The zero-order valence-electron chi connectivity index (χ0n) is 13.0. The van der Waals surface area contributed by atoms with Crippen LogP contribution in [0.3, 0.4) is 0 Å². The zero-order chi connectivity index (χ0) is 15.3. The third-order valence-corrected chi connectivity index (χ3v) is 4.14. The van der Waals surface area contributed by atoms with Gasteiger partial charge in [-0.3, -0.25) is 0 Å². The number of thiazole rings is 1. The number of rotatable bonds is 4. The number of carbonyl (C=O) groups excluding carboxylic acids is 1. The molecule has 1 aliphatic carbocycles. The van der Waals surface area contributed by atoms with Gasteiger partial charge < -0.3 is 15.4 Å². The van der Waals surface area contributed by atoms with Crippen LogP contribution < -0.4 is 10.6 Å². The molecule has 2 N–H and O–H groups in total. The number of aromatic nitrogens is 1. The summed E-state index contributed by atoms with van der Waals surface area (Å²) in [4.78, 5) is 16.0. The van der Waals surface area contributed by atoms with Crippen LogP contribution in [0.4, 0.5) is 4.79 Å². The first-order chi connectivity index (χ1) is 9.92. The highest BCUT2D eigenvalue weighted by Gasteiger charge is 2.24. The predicted octanol–water partition coefficient (Wildman–Crippen LogP) is 3.07. The highest BCUT2D eigenvalue weighted by atomic mass is 32.1. The molecule has 0 bridgehead atoms. The van der Waals surface area contributed by atoms with Gasteiger partial charge in [-0.15, -0.1) is 11.3 Å². The first kappa shape index (κ1) is 16.2. The molecule has 21 heavy (non-hydrogen) atoms. The molecule has 1 fully saturated rings. The van der Waals surface area contributed by atoms with Gasteiger partial charge in [-0.1, -0.05) is 0 Å². The Kier molecular flexibility index (Phi) is 5.58. The molecule has 0 radical (unpaired) electrons. The molecule has 0 spiro atoms. The molecule has 0 unspecified atom stereocenters. The van der Waals surface area contributed by atoms with E-state index in [-0.39, 0.29) is 12.1 Å². The lowest BCUT2D eigenvalue weighted by Crippen LogP contribution is -2.43. The van der Waals surface area contributed by atoms with Crippen molar-refractivity contribution in [3.8, 4) is 0 Å². The van der Waals surface area contributed by atoms with Gasteiger partial charge in [0.15, 0.2) is 0 Å². The molecular formula is C15H25N3O2S. The number of carbonyl (C=O) groups is 1. The fourth-order valence-electron chi connectivity index (χ4n) is 2.49. The van der Waals surface area contributed by atoms with Gasteiger partial charge in [0.25, 0.3) is 0 Å². The molecule has 2 rings (SSSR count). The number of nitrogens with zero attached hydrogens (tertiary/aromatic N) is 1. The summed E-state index contributed by atoms with van der Waals surface area (Å²) in [5.74, 6) is 0. The van der Waals surface area contributed by atoms with Crippen molar-refractivity contribution in [1.82, 2.24) is 15.6 Å². The maximum absolute atomic E-state index is 11.7. The minimum absolute atomic E-state index is 0.233. The third kappa shape index (κ3) is 6.01. The van der Waals surface area contributed by atoms with Crippen molar-refractivity contribution >= 4 is 17.4 Å².